The van der Waals surface area contributed by atoms with Crippen molar-refractivity contribution in [2.45, 2.75) is 19.3 Å². The molecule has 26 heavy (non-hydrogen) atoms. The highest BCUT2D eigenvalue weighted by atomic mass is 16.3. The minimum absolute atomic E-state index is 0.0310. The topological polar surface area (TPSA) is 69.2 Å². The molecule has 1 aliphatic heterocycles. The molecule has 1 saturated heterocycles. The number of para-hydroxylation sites is 2. The molecule has 0 bridgehead atoms. The van der Waals surface area contributed by atoms with Crippen LogP contribution < -0.4 is 10.5 Å². The van der Waals surface area contributed by atoms with Crippen molar-refractivity contribution in [3.63, 3.8) is 0 Å². The van der Waals surface area contributed by atoms with Crippen LogP contribution in [0.1, 0.15) is 30.5 Å². The Labute approximate surface area is 151 Å². The van der Waals surface area contributed by atoms with Gasteiger partial charge in [0.05, 0.1) is 11.0 Å². The molecular formula is C21H21N3O2. The summed E-state index contributed by atoms with van der Waals surface area (Å²) in [6.45, 7) is 2.16. The molecular weight excluding hydrogens is 326 g/mol. The predicted molar refractivity (Wildman–Crippen MR) is 105 cm³/mol. The molecule has 0 amide bonds. The summed E-state index contributed by atoms with van der Waals surface area (Å²) in [5, 5.41) is 10.4. The summed E-state index contributed by atoms with van der Waals surface area (Å²) in [6.07, 6.45) is 5.17. The van der Waals surface area contributed by atoms with Crippen LogP contribution in [0.15, 0.2) is 53.3 Å². The third kappa shape index (κ3) is 3.33. The van der Waals surface area contributed by atoms with Crippen molar-refractivity contribution < 1.29 is 5.11 Å². The molecule has 2 heterocycles. The molecule has 0 aliphatic carbocycles. The Morgan fingerprint density at radius 2 is 1.77 bits per heavy atom. The van der Waals surface area contributed by atoms with E-state index in [0.29, 0.717) is 16.6 Å². The molecule has 0 atom stereocenters. The zero-order valence-corrected chi connectivity index (χ0v) is 14.5. The van der Waals surface area contributed by atoms with Crippen molar-refractivity contribution in [3.8, 4) is 0 Å². The summed E-state index contributed by atoms with van der Waals surface area (Å²) in [5.74, 6) is 0.0310. The van der Waals surface area contributed by atoms with E-state index in [4.69, 9.17) is 0 Å². The molecule has 0 saturated carbocycles. The minimum atomic E-state index is -0.319. The Kier molecular flexibility index (Phi) is 4.44. The van der Waals surface area contributed by atoms with Gasteiger partial charge >= 0.3 is 0 Å². The lowest BCUT2D eigenvalue weighted by Gasteiger charge is -2.28. The maximum Gasteiger partial charge on any atom is 0.274 e. The van der Waals surface area contributed by atoms with E-state index in [1.165, 1.54) is 31.0 Å². The van der Waals surface area contributed by atoms with Crippen LogP contribution in [0.5, 0.6) is 0 Å². The van der Waals surface area contributed by atoms with E-state index in [2.05, 4.69) is 14.9 Å². The number of aromatic nitrogens is 2. The van der Waals surface area contributed by atoms with Gasteiger partial charge in [-0.15, -0.1) is 0 Å². The Hall–Kier alpha value is -3.08. The highest BCUT2D eigenvalue weighted by molar-refractivity contribution is 5.79. The standard InChI is InChI=1S/C21H21N3O2/c25-20(14-19-21(26)23-18-7-3-2-6-17(18)22-19)15-8-10-16(11-9-15)24-12-4-1-5-13-24/h2-3,6-11,14,25H,1,4-5,12-13H2,(H,23,26)/b20-14-. The van der Waals surface area contributed by atoms with E-state index in [1.54, 1.807) is 6.07 Å². The highest BCUT2D eigenvalue weighted by Gasteiger charge is 2.11. The smallest absolute Gasteiger partial charge is 0.274 e. The van der Waals surface area contributed by atoms with Crippen LogP contribution in [-0.2, 0) is 0 Å². The first kappa shape index (κ1) is 16.4. The second kappa shape index (κ2) is 7.04. The molecule has 2 N–H and O–H groups in total. The van der Waals surface area contributed by atoms with Crippen LogP contribution in [-0.4, -0.2) is 28.2 Å². The molecule has 0 spiro atoms. The monoisotopic (exact) mass is 347 g/mol. The normalized spacial score (nSPS) is 15.4. The molecule has 2 aromatic carbocycles. The van der Waals surface area contributed by atoms with Crippen LogP contribution >= 0.6 is 0 Å². The second-order valence-electron chi connectivity index (χ2n) is 6.59. The van der Waals surface area contributed by atoms with E-state index in [0.717, 1.165) is 13.1 Å². The number of nitrogens with zero attached hydrogens (tertiary/aromatic N) is 2. The number of anilines is 1. The summed E-state index contributed by atoms with van der Waals surface area (Å²) in [4.78, 5) is 21.7. The summed E-state index contributed by atoms with van der Waals surface area (Å²) in [6, 6.07) is 15.1. The lowest BCUT2D eigenvalue weighted by Crippen LogP contribution is -2.29. The maximum atomic E-state index is 12.2. The summed E-state index contributed by atoms with van der Waals surface area (Å²) < 4.78 is 0. The number of fused-ring (bicyclic) bond motifs is 1. The van der Waals surface area contributed by atoms with Crippen molar-refractivity contribution in [1.82, 2.24) is 9.97 Å². The van der Waals surface area contributed by atoms with Gasteiger partial charge in [-0.05, 0) is 55.7 Å². The molecule has 1 aromatic heterocycles. The molecule has 0 radical (unpaired) electrons. The first-order valence-corrected chi connectivity index (χ1v) is 8.96. The number of nitrogens with one attached hydrogen (secondary N) is 1. The number of H-pyrrole nitrogens is 1. The van der Waals surface area contributed by atoms with Crippen LogP contribution in [0.4, 0.5) is 5.69 Å². The molecule has 4 rings (SSSR count). The first-order valence-electron chi connectivity index (χ1n) is 8.96. The zero-order valence-electron chi connectivity index (χ0n) is 14.5. The molecule has 1 aliphatic rings. The van der Waals surface area contributed by atoms with Gasteiger partial charge in [-0.25, -0.2) is 4.98 Å². The second-order valence-corrected chi connectivity index (χ2v) is 6.59. The van der Waals surface area contributed by atoms with Gasteiger partial charge in [0.25, 0.3) is 5.56 Å². The van der Waals surface area contributed by atoms with Crippen molar-refractivity contribution >= 4 is 28.6 Å². The number of aliphatic hydroxyl groups is 1. The molecule has 1 fully saturated rings. The van der Waals surface area contributed by atoms with Crippen molar-refractivity contribution in [2.24, 2.45) is 0 Å². The van der Waals surface area contributed by atoms with Gasteiger partial charge < -0.3 is 15.0 Å². The van der Waals surface area contributed by atoms with Crippen LogP contribution in [0.2, 0.25) is 0 Å². The van der Waals surface area contributed by atoms with Crippen molar-refractivity contribution in [2.75, 3.05) is 18.0 Å². The lowest BCUT2D eigenvalue weighted by atomic mass is 10.1. The summed E-state index contributed by atoms with van der Waals surface area (Å²) >= 11 is 0. The van der Waals surface area contributed by atoms with Gasteiger partial charge in [0.15, 0.2) is 0 Å². The number of hydrogen-bond donors (Lipinski definition) is 2. The van der Waals surface area contributed by atoms with Crippen LogP contribution in [0.3, 0.4) is 0 Å². The largest absolute Gasteiger partial charge is 0.507 e. The third-order valence-corrected chi connectivity index (χ3v) is 4.78. The highest BCUT2D eigenvalue weighted by Crippen LogP contribution is 2.22. The van der Waals surface area contributed by atoms with Gasteiger partial charge in [0.1, 0.15) is 11.5 Å². The van der Waals surface area contributed by atoms with E-state index in [-0.39, 0.29) is 17.0 Å². The van der Waals surface area contributed by atoms with Gasteiger partial charge in [-0.3, -0.25) is 4.79 Å². The SMILES string of the molecule is O=c1[nH]c2ccccc2nc1/C=C(\O)c1ccc(N2CCCCC2)cc1. The Bertz CT molecular complexity index is 1000. The average Bonchev–Trinajstić information content (AvgIpc) is 2.69. The van der Waals surface area contributed by atoms with E-state index >= 15 is 0 Å². The summed E-state index contributed by atoms with van der Waals surface area (Å²) in [7, 11) is 0. The zero-order chi connectivity index (χ0) is 17.9. The van der Waals surface area contributed by atoms with Crippen LogP contribution in [0, 0.1) is 0 Å². The van der Waals surface area contributed by atoms with Crippen molar-refractivity contribution in [1.29, 1.82) is 0 Å². The third-order valence-electron chi connectivity index (χ3n) is 4.78. The predicted octanol–water partition coefficient (Wildman–Crippen LogP) is 3.97. The molecule has 5 heteroatoms. The average molecular weight is 347 g/mol. The lowest BCUT2D eigenvalue weighted by molar-refractivity contribution is 0.515. The van der Waals surface area contributed by atoms with Gasteiger partial charge in [0, 0.05) is 30.4 Å². The Balaban J connectivity index is 1.61. The van der Waals surface area contributed by atoms with Gasteiger partial charge in [0.2, 0.25) is 0 Å². The van der Waals surface area contributed by atoms with E-state index < -0.39 is 0 Å². The fourth-order valence-electron chi connectivity index (χ4n) is 3.35. The number of piperidine rings is 1. The van der Waals surface area contributed by atoms with Crippen LogP contribution in [0.25, 0.3) is 22.9 Å². The number of benzene rings is 2. The quantitative estimate of drug-likeness (QED) is 0.704. The number of rotatable bonds is 3. The molecule has 132 valence electrons. The fraction of sp³-hybridized carbons (Fsp3) is 0.238. The van der Waals surface area contributed by atoms with Gasteiger partial charge in [-0.1, -0.05) is 12.1 Å². The minimum Gasteiger partial charge on any atom is -0.507 e. The first-order chi connectivity index (χ1) is 12.7. The molecule has 5 nitrogen and oxygen atoms in total. The van der Waals surface area contributed by atoms with Crippen molar-refractivity contribution in [3.05, 3.63) is 70.1 Å². The fourth-order valence-corrected chi connectivity index (χ4v) is 3.35. The van der Waals surface area contributed by atoms with E-state index in [1.807, 2.05) is 42.5 Å². The number of aromatic amines is 1. The Morgan fingerprint density at radius 1 is 1.04 bits per heavy atom. The molecule has 3 aromatic rings. The Morgan fingerprint density at radius 3 is 2.54 bits per heavy atom. The maximum absolute atomic E-state index is 12.2. The van der Waals surface area contributed by atoms with E-state index in [9.17, 15) is 9.90 Å². The summed E-state index contributed by atoms with van der Waals surface area (Å²) in [5.41, 5.74) is 3.08. The number of aliphatic hydroxyl groups excluding tert-OH is 1. The molecule has 0 unspecified atom stereocenters. The van der Waals surface area contributed by atoms with Gasteiger partial charge in [-0.2, -0.15) is 0 Å². The number of hydrogen-bond acceptors (Lipinski definition) is 4.